The van der Waals surface area contributed by atoms with Crippen molar-refractivity contribution in [3.8, 4) is 0 Å². The third-order valence-corrected chi connectivity index (χ3v) is 6.69. The number of hydrogen-bond acceptors (Lipinski definition) is 5. The number of carbonyl (C=O) groups excluding carboxylic acids is 1. The molecular formula is C24H32Cl2F2N4O2. The number of aromatic nitrogens is 1. The SMILES string of the molecule is Cl.Cl.Nc1cccc(CN2CCC(NC(=O)[C@](O)(c3ccccc3)[C@@H]3CCC(F)(F)C3)CC2)n1. The predicted octanol–water partition coefficient (Wildman–Crippen LogP) is 3.91. The third-order valence-electron chi connectivity index (χ3n) is 6.69. The number of piperidine rings is 1. The van der Waals surface area contributed by atoms with Gasteiger partial charge in [0, 0.05) is 44.4 Å². The van der Waals surface area contributed by atoms with Crippen LogP contribution in [0.1, 0.15) is 43.4 Å². The molecule has 34 heavy (non-hydrogen) atoms. The Kier molecular flexibility index (Phi) is 9.65. The molecular weight excluding hydrogens is 485 g/mol. The van der Waals surface area contributed by atoms with Gasteiger partial charge in [0.15, 0.2) is 5.60 Å². The van der Waals surface area contributed by atoms with Crippen LogP contribution in [-0.2, 0) is 16.9 Å². The van der Waals surface area contributed by atoms with E-state index in [1.807, 2.05) is 12.1 Å². The molecule has 1 aromatic carbocycles. The highest BCUT2D eigenvalue weighted by Gasteiger charge is 2.53. The first kappa shape index (κ1) is 28.2. The van der Waals surface area contributed by atoms with Crippen molar-refractivity contribution in [2.24, 2.45) is 5.92 Å². The van der Waals surface area contributed by atoms with Crippen molar-refractivity contribution >= 4 is 36.5 Å². The number of nitrogens with two attached hydrogens (primary N) is 1. The van der Waals surface area contributed by atoms with Crippen LogP contribution in [0, 0.1) is 5.92 Å². The summed E-state index contributed by atoms with van der Waals surface area (Å²) in [5.41, 5.74) is 5.04. The van der Waals surface area contributed by atoms with Gasteiger partial charge in [-0.3, -0.25) is 9.69 Å². The van der Waals surface area contributed by atoms with Crippen LogP contribution in [0.15, 0.2) is 48.5 Å². The average molecular weight is 517 g/mol. The minimum absolute atomic E-state index is 0. The van der Waals surface area contributed by atoms with Gasteiger partial charge in [0.05, 0.1) is 5.69 Å². The Bertz CT molecular complexity index is 946. The van der Waals surface area contributed by atoms with E-state index in [4.69, 9.17) is 5.73 Å². The smallest absolute Gasteiger partial charge is 0.257 e. The van der Waals surface area contributed by atoms with Gasteiger partial charge in [-0.15, -0.1) is 24.8 Å². The predicted molar refractivity (Wildman–Crippen MR) is 132 cm³/mol. The van der Waals surface area contributed by atoms with Crippen LogP contribution >= 0.6 is 24.8 Å². The second-order valence-electron chi connectivity index (χ2n) is 9.01. The van der Waals surface area contributed by atoms with Gasteiger partial charge in [-0.25, -0.2) is 13.8 Å². The van der Waals surface area contributed by atoms with Crippen LogP contribution in [-0.4, -0.2) is 46.0 Å². The van der Waals surface area contributed by atoms with E-state index in [2.05, 4.69) is 15.2 Å². The van der Waals surface area contributed by atoms with Gasteiger partial charge < -0.3 is 16.2 Å². The zero-order valence-electron chi connectivity index (χ0n) is 18.8. The summed E-state index contributed by atoms with van der Waals surface area (Å²) in [6.07, 6.45) is 0.727. The molecule has 0 bridgehead atoms. The average Bonchev–Trinajstić information content (AvgIpc) is 3.15. The molecule has 10 heteroatoms. The van der Waals surface area contributed by atoms with E-state index in [1.165, 1.54) is 0 Å². The Morgan fingerprint density at radius 3 is 2.38 bits per heavy atom. The molecule has 2 heterocycles. The zero-order valence-corrected chi connectivity index (χ0v) is 20.5. The first-order valence-corrected chi connectivity index (χ1v) is 11.2. The van der Waals surface area contributed by atoms with Crippen LogP contribution in [0.5, 0.6) is 0 Å². The van der Waals surface area contributed by atoms with Gasteiger partial charge in [-0.1, -0.05) is 36.4 Å². The number of nitrogen functional groups attached to an aromatic ring is 1. The zero-order chi connectivity index (χ0) is 22.8. The summed E-state index contributed by atoms with van der Waals surface area (Å²) in [5, 5.41) is 14.5. The Morgan fingerprint density at radius 1 is 1.12 bits per heavy atom. The third kappa shape index (κ3) is 6.36. The monoisotopic (exact) mass is 516 g/mol. The fourth-order valence-electron chi connectivity index (χ4n) is 4.90. The minimum Gasteiger partial charge on any atom is -0.384 e. The van der Waals surface area contributed by atoms with Gasteiger partial charge in [0.2, 0.25) is 5.92 Å². The number of nitrogens with zero attached hydrogens (tertiary/aromatic N) is 2. The molecule has 0 spiro atoms. The maximum Gasteiger partial charge on any atom is 0.257 e. The van der Waals surface area contributed by atoms with Gasteiger partial charge in [-0.2, -0.15) is 0 Å². The van der Waals surface area contributed by atoms with E-state index >= 15 is 0 Å². The molecule has 2 fully saturated rings. The molecule has 6 nitrogen and oxygen atoms in total. The molecule has 2 aromatic rings. The van der Waals surface area contributed by atoms with Gasteiger partial charge >= 0.3 is 0 Å². The Hall–Kier alpha value is -2.00. The minimum atomic E-state index is -2.85. The van der Waals surface area contributed by atoms with E-state index < -0.39 is 29.8 Å². The van der Waals surface area contributed by atoms with Crippen molar-refractivity contribution in [3.05, 3.63) is 59.8 Å². The molecule has 0 unspecified atom stereocenters. The largest absolute Gasteiger partial charge is 0.384 e. The van der Waals surface area contributed by atoms with Crippen molar-refractivity contribution in [2.45, 2.75) is 56.2 Å². The topological polar surface area (TPSA) is 91.5 Å². The number of nitrogens with one attached hydrogen (secondary N) is 1. The van der Waals surface area contributed by atoms with E-state index in [0.29, 0.717) is 30.8 Å². The number of pyridine rings is 1. The second kappa shape index (κ2) is 11.6. The standard InChI is InChI=1S/C24H30F2N4O2.2ClH/c25-23(26)12-9-18(15-23)24(32,17-5-2-1-3-6-17)22(31)29-19-10-13-30(14-11-19)16-20-7-4-8-21(27)28-20;;/h1-8,18-19,32H,9-16H2,(H2,27,28)(H,29,31);2*1H/t18-,24+;;/m1../s1. The van der Waals surface area contributed by atoms with Crippen LogP contribution in [0.2, 0.25) is 0 Å². The highest BCUT2D eigenvalue weighted by atomic mass is 35.5. The Balaban J connectivity index is 0.00000204. The van der Waals surface area contributed by atoms with E-state index in [-0.39, 0.29) is 43.7 Å². The van der Waals surface area contributed by atoms with E-state index in [0.717, 1.165) is 18.8 Å². The summed E-state index contributed by atoms with van der Waals surface area (Å²) < 4.78 is 27.9. The van der Waals surface area contributed by atoms with Crippen molar-refractivity contribution in [1.29, 1.82) is 0 Å². The molecule has 4 N–H and O–H groups in total. The van der Waals surface area contributed by atoms with Crippen molar-refractivity contribution in [2.75, 3.05) is 18.8 Å². The number of aliphatic hydroxyl groups is 1. The fraction of sp³-hybridized carbons (Fsp3) is 0.500. The van der Waals surface area contributed by atoms with Crippen LogP contribution in [0.4, 0.5) is 14.6 Å². The highest BCUT2D eigenvalue weighted by molar-refractivity contribution is 5.87. The summed E-state index contributed by atoms with van der Waals surface area (Å²) in [4.78, 5) is 19.9. The van der Waals surface area contributed by atoms with Crippen molar-refractivity contribution in [3.63, 3.8) is 0 Å². The van der Waals surface area contributed by atoms with Crippen molar-refractivity contribution in [1.82, 2.24) is 15.2 Å². The fourth-order valence-corrected chi connectivity index (χ4v) is 4.90. The molecule has 1 aliphatic heterocycles. The number of carbonyl (C=O) groups is 1. The maximum atomic E-state index is 13.9. The first-order chi connectivity index (χ1) is 15.3. The molecule has 1 aromatic heterocycles. The molecule has 0 radical (unpaired) electrons. The summed E-state index contributed by atoms with van der Waals surface area (Å²) in [5.74, 6) is -3.77. The summed E-state index contributed by atoms with van der Waals surface area (Å²) in [6, 6.07) is 13.9. The highest BCUT2D eigenvalue weighted by Crippen LogP contribution is 2.47. The van der Waals surface area contributed by atoms with Crippen molar-refractivity contribution < 1.29 is 18.7 Å². The summed E-state index contributed by atoms with van der Waals surface area (Å²) in [7, 11) is 0. The Labute approximate surface area is 211 Å². The van der Waals surface area contributed by atoms with Gasteiger partial charge in [0.25, 0.3) is 5.91 Å². The first-order valence-electron chi connectivity index (χ1n) is 11.2. The lowest BCUT2D eigenvalue weighted by Crippen LogP contribution is -2.54. The quantitative estimate of drug-likeness (QED) is 0.541. The lowest BCUT2D eigenvalue weighted by molar-refractivity contribution is -0.149. The molecule has 1 saturated carbocycles. The molecule has 1 aliphatic carbocycles. The number of hydrogen-bond donors (Lipinski definition) is 3. The number of amides is 1. The molecule has 4 rings (SSSR count). The molecule has 2 atom stereocenters. The lowest BCUT2D eigenvalue weighted by atomic mass is 9.79. The number of anilines is 1. The molecule has 1 saturated heterocycles. The lowest BCUT2D eigenvalue weighted by Gasteiger charge is -2.37. The second-order valence-corrected chi connectivity index (χ2v) is 9.01. The van der Waals surface area contributed by atoms with Crippen LogP contribution in [0.3, 0.4) is 0 Å². The number of halogens is 4. The van der Waals surface area contributed by atoms with E-state index in [1.54, 1.807) is 36.4 Å². The van der Waals surface area contributed by atoms with Gasteiger partial charge in [-0.05, 0) is 37.0 Å². The normalized spacial score (nSPS) is 22.1. The Morgan fingerprint density at radius 2 is 1.79 bits per heavy atom. The number of alkyl halides is 2. The molecule has 1 amide bonds. The number of benzene rings is 1. The number of likely N-dealkylation sites (tertiary alicyclic amines) is 1. The summed E-state index contributed by atoms with van der Waals surface area (Å²) >= 11 is 0. The van der Waals surface area contributed by atoms with Crippen LogP contribution < -0.4 is 11.1 Å². The maximum absolute atomic E-state index is 13.9. The molecule has 2 aliphatic rings. The van der Waals surface area contributed by atoms with Crippen LogP contribution in [0.25, 0.3) is 0 Å². The van der Waals surface area contributed by atoms with E-state index in [9.17, 15) is 18.7 Å². The number of rotatable bonds is 6. The summed E-state index contributed by atoms with van der Waals surface area (Å²) in [6.45, 7) is 2.19. The van der Waals surface area contributed by atoms with Gasteiger partial charge in [0.1, 0.15) is 5.82 Å². The molecule has 188 valence electrons.